The van der Waals surface area contributed by atoms with E-state index in [1.165, 1.54) is 57.8 Å². The Hall–Kier alpha value is -0.0800. The lowest BCUT2D eigenvalue weighted by Crippen LogP contribution is -2.09. The zero-order chi connectivity index (χ0) is 15.1. The summed E-state index contributed by atoms with van der Waals surface area (Å²) in [4.78, 5) is 10.6. The van der Waals surface area contributed by atoms with Gasteiger partial charge in [-0.2, -0.15) is 0 Å². The molecule has 0 aromatic rings. The van der Waals surface area contributed by atoms with Crippen LogP contribution in [0.3, 0.4) is 0 Å². The highest BCUT2D eigenvalue weighted by Gasteiger charge is 2.06. The zero-order valence-corrected chi connectivity index (χ0v) is 14.5. The fourth-order valence-electron chi connectivity index (χ4n) is 2.35. The molecule has 0 aromatic heterocycles. The van der Waals surface area contributed by atoms with Crippen molar-refractivity contribution in [1.29, 1.82) is 0 Å². The number of hydrogen-bond acceptors (Lipinski definition) is 2. The maximum absolute atomic E-state index is 5.34. The number of hydrogen-bond donors (Lipinski definition) is 0. The van der Waals surface area contributed by atoms with E-state index in [2.05, 4.69) is 27.7 Å². The molecule has 0 bridgehead atoms. The molecule has 2 nitrogen and oxygen atoms in total. The predicted molar refractivity (Wildman–Crippen MR) is 87.8 cm³/mol. The van der Waals surface area contributed by atoms with E-state index < -0.39 is 0 Å². The van der Waals surface area contributed by atoms with Gasteiger partial charge in [-0.3, -0.25) is 0 Å². The summed E-state index contributed by atoms with van der Waals surface area (Å²) < 4.78 is 0. The minimum absolute atomic E-state index is 0.672. The second kappa shape index (κ2) is 15.3. The molecule has 0 fully saturated rings. The highest BCUT2D eigenvalue weighted by molar-refractivity contribution is 4.54. The fraction of sp³-hybridized carbons (Fsp3) is 1.00. The van der Waals surface area contributed by atoms with Crippen LogP contribution in [0.1, 0.15) is 91.9 Å². The Morgan fingerprint density at radius 2 is 1.45 bits per heavy atom. The fourth-order valence-corrected chi connectivity index (χ4v) is 2.35. The van der Waals surface area contributed by atoms with Gasteiger partial charge in [-0.25, -0.2) is 9.78 Å². The molecule has 0 spiro atoms. The molecule has 0 saturated heterocycles. The summed E-state index contributed by atoms with van der Waals surface area (Å²) in [7, 11) is 0. The van der Waals surface area contributed by atoms with Crippen LogP contribution < -0.4 is 0 Å². The lowest BCUT2D eigenvalue weighted by atomic mass is 10.0. The molecule has 1 atom stereocenters. The molecule has 0 heterocycles. The van der Waals surface area contributed by atoms with Gasteiger partial charge >= 0.3 is 0 Å². The van der Waals surface area contributed by atoms with E-state index >= 15 is 0 Å². The quantitative estimate of drug-likeness (QED) is 0.204. The van der Waals surface area contributed by atoms with Crippen LogP contribution in [0.15, 0.2) is 0 Å². The third-order valence-electron chi connectivity index (χ3n) is 3.94. The topological polar surface area (TPSA) is 18.5 Å². The van der Waals surface area contributed by atoms with Gasteiger partial charge in [0.25, 0.3) is 0 Å². The average Bonchev–Trinajstić information content (AvgIpc) is 2.43. The summed E-state index contributed by atoms with van der Waals surface area (Å²) in [6, 6.07) is 0. The number of rotatable bonds is 15. The van der Waals surface area contributed by atoms with Crippen LogP contribution in [0.4, 0.5) is 0 Å². The Kier molecular flexibility index (Phi) is 15.3. The van der Waals surface area contributed by atoms with Gasteiger partial charge in [-0.05, 0) is 24.7 Å². The van der Waals surface area contributed by atoms with E-state index in [0.717, 1.165) is 25.6 Å². The van der Waals surface area contributed by atoms with Crippen LogP contribution in [0.2, 0.25) is 0 Å². The van der Waals surface area contributed by atoms with Gasteiger partial charge in [0.15, 0.2) is 0 Å². The highest BCUT2D eigenvalue weighted by Crippen LogP contribution is 2.13. The lowest BCUT2D eigenvalue weighted by molar-refractivity contribution is -0.302. The molecule has 0 radical (unpaired) electrons. The lowest BCUT2D eigenvalue weighted by Gasteiger charge is -2.13. The van der Waals surface area contributed by atoms with Gasteiger partial charge in [0, 0.05) is 0 Å². The SMILES string of the molecule is CCCCC(CC)COOCCCCCCCC(C)C. The molecule has 1 unspecified atom stereocenters. The zero-order valence-electron chi connectivity index (χ0n) is 14.5. The van der Waals surface area contributed by atoms with Gasteiger partial charge in [-0.15, -0.1) is 0 Å². The van der Waals surface area contributed by atoms with Crippen molar-refractivity contribution in [3.8, 4) is 0 Å². The second-order valence-corrected chi connectivity index (χ2v) is 6.47. The van der Waals surface area contributed by atoms with Crippen molar-refractivity contribution in [2.45, 2.75) is 91.9 Å². The summed E-state index contributed by atoms with van der Waals surface area (Å²) in [5, 5.41) is 0. The molecule has 20 heavy (non-hydrogen) atoms. The van der Waals surface area contributed by atoms with E-state index in [0.29, 0.717) is 5.92 Å². The Morgan fingerprint density at radius 3 is 2.10 bits per heavy atom. The van der Waals surface area contributed by atoms with Gasteiger partial charge in [0.1, 0.15) is 0 Å². The van der Waals surface area contributed by atoms with Gasteiger partial charge < -0.3 is 0 Å². The molecule has 0 aliphatic carbocycles. The second-order valence-electron chi connectivity index (χ2n) is 6.47. The largest absolute Gasteiger partial charge is 0.237 e. The van der Waals surface area contributed by atoms with E-state index in [1.807, 2.05) is 0 Å². The van der Waals surface area contributed by atoms with Crippen LogP contribution in [0, 0.1) is 11.8 Å². The monoisotopic (exact) mass is 286 g/mol. The summed E-state index contributed by atoms with van der Waals surface area (Å²) in [5.74, 6) is 1.52. The third kappa shape index (κ3) is 14.3. The first-order valence-electron chi connectivity index (χ1n) is 8.95. The van der Waals surface area contributed by atoms with Crippen molar-refractivity contribution in [3.05, 3.63) is 0 Å². The van der Waals surface area contributed by atoms with Crippen molar-refractivity contribution >= 4 is 0 Å². The van der Waals surface area contributed by atoms with E-state index in [4.69, 9.17) is 9.78 Å². The Bertz CT molecular complexity index is 180. The smallest absolute Gasteiger partial charge is 0.0850 e. The average molecular weight is 286 g/mol. The number of unbranched alkanes of at least 4 members (excludes halogenated alkanes) is 5. The maximum Gasteiger partial charge on any atom is 0.0850 e. The standard InChI is InChI=1S/C18H38O2/c1-5-7-14-18(6-2)16-20-19-15-12-10-8-9-11-13-17(3)4/h17-18H,5-16H2,1-4H3. The Labute approximate surface area is 127 Å². The van der Waals surface area contributed by atoms with Gasteiger partial charge in [0.05, 0.1) is 13.2 Å². The summed E-state index contributed by atoms with van der Waals surface area (Å²) in [5.41, 5.74) is 0. The first-order chi connectivity index (χ1) is 9.70. The van der Waals surface area contributed by atoms with Crippen molar-refractivity contribution in [2.24, 2.45) is 11.8 Å². The van der Waals surface area contributed by atoms with Crippen LogP contribution in [-0.2, 0) is 9.78 Å². The van der Waals surface area contributed by atoms with Crippen LogP contribution in [0.5, 0.6) is 0 Å². The molecule has 0 aliphatic heterocycles. The van der Waals surface area contributed by atoms with Crippen LogP contribution >= 0.6 is 0 Å². The summed E-state index contributed by atoms with van der Waals surface area (Å²) in [6.45, 7) is 10.6. The van der Waals surface area contributed by atoms with Crippen molar-refractivity contribution in [3.63, 3.8) is 0 Å². The summed E-state index contributed by atoms with van der Waals surface area (Å²) in [6.07, 6.45) is 12.9. The summed E-state index contributed by atoms with van der Waals surface area (Å²) >= 11 is 0. The molecular weight excluding hydrogens is 248 g/mol. The van der Waals surface area contributed by atoms with Crippen molar-refractivity contribution in [2.75, 3.05) is 13.2 Å². The van der Waals surface area contributed by atoms with E-state index in [9.17, 15) is 0 Å². The normalized spacial score (nSPS) is 13.1. The predicted octanol–water partition coefficient (Wildman–Crippen LogP) is 6.15. The molecule has 0 aliphatic rings. The first-order valence-corrected chi connectivity index (χ1v) is 8.95. The van der Waals surface area contributed by atoms with E-state index in [-0.39, 0.29) is 0 Å². The molecule has 0 aromatic carbocycles. The van der Waals surface area contributed by atoms with Gasteiger partial charge in [-0.1, -0.05) is 79.1 Å². The molecule has 122 valence electrons. The highest BCUT2D eigenvalue weighted by atomic mass is 17.2. The van der Waals surface area contributed by atoms with Crippen LogP contribution in [-0.4, -0.2) is 13.2 Å². The molecule has 0 rings (SSSR count). The maximum atomic E-state index is 5.34. The first kappa shape index (κ1) is 19.9. The van der Waals surface area contributed by atoms with Crippen molar-refractivity contribution in [1.82, 2.24) is 0 Å². The molecule has 0 N–H and O–H groups in total. The molecule has 2 heteroatoms. The third-order valence-corrected chi connectivity index (χ3v) is 3.94. The minimum Gasteiger partial charge on any atom is -0.237 e. The molecular formula is C18H38O2. The van der Waals surface area contributed by atoms with Gasteiger partial charge in [0.2, 0.25) is 0 Å². The molecule has 0 amide bonds. The minimum atomic E-state index is 0.672. The Morgan fingerprint density at radius 1 is 0.750 bits per heavy atom. The molecule has 0 saturated carbocycles. The van der Waals surface area contributed by atoms with E-state index in [1.54, 1.807) is 0 Å². The van der Waals surface area contributed by atoms with Crippen molar-refractivity contribution < 1.29 is 9.78 Å². The Balaban J connectivity index is 3.19. The van der Waals surface area contributed by atoms with Crippen LogP contribution in [0.25, 0.3) is 0 Å².